The van der Waals surface area contributed by atoms with E-state index in [0.29, 0.717) is 0 Å². The molecule has 4 nitrogen and oxygen atoms in total. The summed E-state index contributed by atoms with van der Waals surface area (Å²) in [5.74, 6) is 1.50. The molecule has 0 saturated heterocycles. The molecule has 7 aromatic rings. The van der Waals surface area contributed by atoms with Crippen LogP contribution in [0.5, 0.6) is 11.5 Å². The predicted molar refractivity (Wildman–Crippen MR) is 158 cm³/mol. The minimum absolute atomic E-state index is 0.743. The van der Waals surface area contributed by atoms with E-state index in [1.807, 2.05) is 71.7 Å². The van der Waals surface area contributed by atoms with Gasteiger partial charge in [-0.25, -0.2) is 4.68 Å². The molecule has 0 N–H and O–H groups in total. The number of rotatable bonds is 5. The normalized spacial score (nSPS) is 11.3. The second kappa shape index (κ2) is 9.36. The number of nitrogens with zero attached hydrogens (tertiary/aromatic N) is 3. The summed E-state index contributed by atoms with van der Waals surface area (Å²) in [5, 5.41) is 6.94. The van der Waals surface area contributed by atoms with E-state index in [1.165, 1.54) is 5.39 Å². The van der Waals surface area contributed by atoms with Crippen LogP contribution in [0.4, 0.5) is 0 Å². The second-order valence-electron chi connectivity index (χ2n) is 9.13. The van der Waals surface area contributed by atoms with E-state index in [0.717, 1.165) is 54.9 Å². The molecule has 0 fully saturated rings. The van der Waals surface area contributed by atoms with Gasteiger partial charge in [0.05, 0.1) is 22.9 Å². The standard InChI is InChI=1S/C33H22BrN3O/c34-30-19-28(20-32-33(30)29-16-7-8-17-31(29)37(32)25-12-5-2-6-13-25)38-27-15-9-14-26(18-27)36-22-24(21-35-36)23-10-3-1-4-11-23/h1-22H. The molecule has 0 spiro atoms. The molecule has 7 rings (SSSR count). The molecule has 38 heavy (non-hydrogen) atoms. The van der Waals surface area contributed by atoms with Crippen molar-refractivity contribution in [2.24, 2.45) is 0 Å². The van der Waals surface area contributed by atoms with E-state index in [1.54, 1.807) is 0 Å². The number of ether oxygens (including phenoxy) is 1. The van der Waals surface area contributed by atoms with E-state index < -0.39 is 0 Å². The lowest BCUT2D eigenvalue weighted by Crippen LogP contribution is -1.95. The maximum atomic E-state index is 6.42. The van der Waals surface area contributed by atoms with Crippen molar-refractivity contribution in [3.63, 3.8) is 0 Å². The van der Waals surface area contributed by atoms with Gasteiger partial charge in [0, 0.05) is 44.8 Å². The van der Waals surface area contributed by atoms with Crippen molar-refractivity contribution in [3.8, 4) is 34.0 Å². The molecule has 182 valence electrons. The van der Waals surface area contributed by atoms with Crippen LogP contribution in [0.25, 0.3) is 44.3 Å². The summed E-state index contributed by atoms with van der Waals surface area (Å²) in [6.45, 7) is 0. The highest BCUT2D eigenvalue weighted by Crippen LogP contribution is 2.40. The summed E-state index contributed by atoms with van der Waals surface area (Å²) < 4.78 is 11.6. The Labute approximate surface area is 228 Å². The molecule has 2 heterocycles. The number of hydrogen-bond acceptors (Lipinski definition) is 2. The van der Waals surface area contributed by atoms with Gasteiger partial charge in [0.15, 0.2) is 0 Å². The van der Waals surface area contributed by atoms with Gasteiger partial charge in [-0.3, -0.25) is 0 Å². The van der Waals surface area contributed by atoms with Gasteiger partial charge in [0.2, 0.25) is 0 Å². The Morgan fingerprint density at radius 1 is 0.605 bits per heavy atom. The molecule has 5 aromatic carbocycles. The molecular weight excluding hydrogens is 534 g/mol. The number of hydrogen-bond donors (Lipinski definition) is 0. The average Bonchev–Trinajstić information content (AvgIpc) is 3.58. The zero-order chi connectivity index (χ0) is 25.5. The number of para-hydroxylation sites is 2. The fourth-order valence-electron chi connectivity index (χ4n) is 5.00. The van der Waals surface area contributed by atoms with Crippen LogP contribution >= 0.6 is 15.9 Å². The number of aromatic nitrogens is 3. The van der Waals surface area contributed by atoms with Crippen LogP contribution in [-0.4, -0.2) is 14.3 Å². The highest BCUT2D eigenvalue weighted by Gasteiger charge is 2.16. The van der Waals surface area contributed by atoms with Crippen LogP contribution in [0.3, 0.4) is 0 Å². The van der Waals surface area contributed by atoms with Gasteiger partial charge in [-0.15, -0.1) is 0 Å². The average molecular weight is 556 g/mol. The first kappa shape index (κ1) is 22.6. The minimum Gasteiger partial charge on any atom is -0.457 e. The minimum atomic E-state index is 0.743. The molecule has 0 saturated carbocycles. The highest BCUT2D eigenvalue weighted by atomic mass is 79.9. The molecule has 5 heteroatoms. The van der Waals surface area contributed by atoms with Crippen LogP contribution in [0.1, 0.15) is 0 Å². The molecule has 0 atom stereocenters. The lowest BCUT2D eigenvalue weighted by molar-refractivity contribution is 0.482. The number of halogens is 1. The van der Waals surface area contributed by atoms with Gasteiger partial charge >= 0.3 is 0 Å². The quantitative estimate of drug-likeness (QED) is 0.212. The zero-order valence-electron chi connectivity index (χ0n) is 20.3. The van der Waals surface area contributed by atoms with Crippen molar-refractivity contribution in [2.75, 3.05) is 0 Å². The lowest BCUT2D eigenvalue weighted by Gasteiger charge is -2.11. The molecule has 0 aliphatic heterocycles. The second-order valence-corrected chi connectivity index (χ2v) is 9.98. The Hall–Kier alpha value is -4.61. The van der Waals surface area contributed by atoms with Crippen LogP contribution in [0, 0.1) is 0 Å². The predicted octanol–water partition coefficient (Wildman–Crippen LogP) is 9.19. The van der Waals surface area contributed by atoms with E-state index in [-0.39, 0.29) is 0 Å². The first-order chi connectivity index (χ1) is 18.7. The fraction of sp³-hybridized carbons (Fsp3) is 0. The summed E-state index contributed by atoms with van der Waals surface area (Å²) in [6, 6.07) is 41.3. The van der Waals surface area contributed by atoms with Crippen molar-refractivity contribution < 1.29 is 4.74 Å². The van der Waals surface area contributed by atoms with Gasteiger partial charge in [-0.05, 0) is 57.9 Å². The van der Waals surface area contributed by atoms with E-state index in [2.05, 4.69) is 92.3 Å². The molecular formula is C33H22BrN3O. The van der Waals surface area contributed by atoms with Crippen molar-refractivity contribution in [1.82, 2.24) is 14.3 Å². The topological polar surface area (TPSA) is 32.0 Å². The van der Waals surface area contributed by atoms with Crippen LogP contribution in [0.15, 0.2) is 138 Å². The molecule has 0 unspecified atom stereocenters. The maximum absolute atomic E-state index is 6.42. The molecule has 0 bridgehead atoms. The monoisotopic (exact) mass is 555 g/mol. The van der Waals surface area contributed by atoms with Gasteiger partial charge in [-0.1, -0.05) is 72.8 Å². The van der Waals surface area contributed by atoms with Crippen LogP contribution < -0.4 is 4.74 Å². The van der Waals surface area contributed by atoms with Gasteiger partial charge < -0.3 is 9.30 Å². The SMILES string of the molecule is Brc1cc(Oc2cccc(-n3cc(-c4ccccc4)cn3)c2)cc2c1c1ccccc1n2-c1ccccc1. The Kier molecular flexibility index (Phi) is 5.56. The first-order valence-electron chi connectivity index (χ1n) is 12.4. The van der Waals surface area contributed by atoms with Gasteiger partial charge in [-0.2, -0.15) is 5.10 Å². The van der Waals surface area contributed by atoms with Gasteiger partial charge in [0.1, 0.15) is 11.5 Å². The largest absolute Gasteiger partial charge is 0.457 e. The summed E-state index contributed by atoms with van der Waals surface area (Å²) >= 11 is 3.84. The van der Waals surface area contributed by atoms with Crippen molar-refractivity contribution >= 4 is 37.7 Å². The van der Waals surface area contributed by atoms with E-state index in [4.69, 9.17) is 4.74 Å². The Morgan fingerprint density at radius 2 is 1.34 bits per heavy atom. The molecule has 0 radical (unpaired) electrons. The summed E-state index contributed by atoms with van der Waals surface area (Å²) in [7, 11) is 0. The highest BCUT2D eigenvalue weighted by molar-refractivity contribution is 9.10. The molecule has 0 aliphatic rings. The fourth-order valence-corrected chi connectivity index (χ4v) is 5.65. The Balaban J connectivity index is 1.29. The van der Waals surface area contributed by atoms with Crippen LogP contribution in [-0.2, 0) is 0 Å². The molecule has 0 aliphatic carbocycles. The van der Waals surface area contributed by atoms with Crippen molar-refractivity contribution in [3.05, 3.63) is 138 Å². The molecule has 0 amide bonds. The maximum Gasteiger partial charge on any atom is 0.130 e. The van der Waals surface area contributed by atoms with Gasteiger partial charge in [0.25, 0.3) is 0 Å². The Morgan fingerprint density at radius 3 is 2.18 bits per heavy atom. The van der Waals surface area contributed by atoms with E-state index in [9.17, 15) is 0 Å². The van der Waals surface area contributed by atoms with E-state index >= 15 is 0 Å². The third-order valence-electron chi connectivity index (χ3n) is 6.72. The summed E-state index contributed by atoms with van der Waals surface area (Å²) in [5.41, 5.74) is 6.48. The lowest BCUT2D eigenvalue weighted by atomic mass is 10.1. The van der Waals surface area contributed by atoms with Crippen molar-refractivity contribution in [1.29, 1.82) is 0 Å². The summed E-state index contributed by atoms with van der Waals surface area (Å²) in [4.78, 5) is 0. The third kappa shape index (κ3) is 3.98. The Bertz CT molecular complexity index is 1910. The third-order valence-corrected chi connectivity index (χ3v) is 7.35. The smallest absolute Gasteiger partial charge is 0.130 e. The molecule has 2 aromatic heterocycles. The zero-order valence-corrected chi connectivity index (χ0v) is 21.9. The first-order valence-corrected chi connectivity index (χ1v) is 13.2. The van der Waals surface area contributed by atoms with Crippen LogP contribution in [0.2, 0.25) is 0 Å². The van der Waals surface area contributed by atoms with Crippen molar-refractivity contribution in [2.45, 2.75) is 0 Å². The number of benzene rings is 5. The number of fused-ring (bicyclic) bond motifs is 3. The summed E-state index contributed by atoms with van der Waals surface area (Å²) in [6.07, 6.45) is 3.92.